The normalized spacial score (nSPS) is 22.4. The van der Waals surface area contributed by atoms with Crippen LogP contribution in [-0.4, -0.2) is 17.4 Å². The molecule has 1 aliphatic carbocycles. The molecule has 2 rings (SSSR count). The highest BCUT2D eigenvalue weighted by Gasteiger charge is 2.19. The van der Waals surface area contributed by atoms with Gasteiger partial charge in [0.25, 0.3) is 5.91 Å². The number of nitrogens with one attached hydrogen (secondary N) is 2. The molecule has 5 heteroatoms. The largest absolute Gasteiger partial charge is 0.352 e. The first-order valence-electron chi connectivity index (χ1n) is 7.31. The van der Waals surface area contributed by atoms with Gasteiger partial charge in [0.05, 0.1) is 11.3 Å². The molecule has 0 spiro atoms. The number of nitrogens with zero attached hydrogens (tertiary/aromatic N) is 1. The molecule has 5 nitrogen and oxygen atoms in total. The van der Waals surface area contributed by atoms with Gasteiger partial charge in [-0.15, -0.1) is 0 Å². The van der Waals surface area contributed by atoms with E-state index in [-0.39, 0.29) is 5.91 Å². The van der Waals surface area contributed by atoms with Crippen LogP contribution in [-0.2, 0) is 0 Å². The molecule has 1 amide bonds. The van der Waals surface area contributed by atoms with Gasteiger partial charge in [0.15, 0.2) is 0 Å². The van der Waals surface area contributed by atoms with Crippen LogP contribution in [0.2, 0.25) is 0 Å². The zero-order valence-electron chi connectivity index (χ0n) is 12.3. The van der Waals surface area contributed by atoms with E-state index in [1.54, 1.807) is 12.3 Å². The lowest BCUT2D eigenvalue weighted by atomic mass is 9.83. The van der Waals surface area contributed by atoms with Crippen LogP contribution < -0.4 is 16.6 Å². The topological polar surface area (TPSA) is 80.0 Å². The fraction of sp³-hybridized carbons (Fsp3) is 0.600. The standard InChI is InChI=1S/C15H24N4O/c1-10-3-5-12(6-4-10)8-18-15(20)13-9-17-11(2)7-14(13)19-16/h7,9-10,12H,3-6,8,16H2,1-2H3,(H,17,19)(H,18,20). The van der Waals surface area contributed by atoms with Crippen LogP contribution >= 0.6 is 0 Å². The van der Waals surface area contributed by atoms with E-state index >= 15 is 0 Å². The molecule has 1 saturated carbocycles. The highest BCUT2D eigenvalue weighted by atomic mass is 16.1. The highest BCUT2D eigenvalue weighted by Crippen LogP contribution is 2.27. The molecule has 0 aliphatic heterocycles. The number of carbonyl (C=O) groups is 1. The lowest BCUT2D eigenvalue weighted by Gasteiger charge is -2.26. The minimum Gasteiger partial charge on any atom is -0.352 e. The second-order valence-corrected chi connectivity index (χ2v) is 5.85. The van der Waals surface area contributed by atoms with Gasteiger partial charge >= 0.3 is 0 Å². The molecule has 0 aromatic carbocycles. The molecular formula is C15H24N4O. The molecule has 0 atom stereocenters. The molecule has 0 bridgehead atoms. The summed E-state index contributed by atoms with van der Waals surface area (Å²) in [5.41, 5.74) is 4.51. The van der Waals surface area contributed by atoms with Crippen molar-refractivity contribution in [3.8, 4) is 0 Å². The van der Waals surface area contributed by atoms with E-state index in [4.69, 9.17) is 5.84 Å². The zero-order valence-corrected chi connectivity index (χ0v) is 12.3. The second kappa shape index (κ2) is 6.70. The first-order valence-corrected chi connectivity index (χ1v) is 7.31. The van der Waals surface area contributed by atoms with Crippen molar-refractivity contribution in [1.29, 1.82) is 0 Å². The van der Waals surface area contributed by atoms with E-state index in [0.29, 0.717) is 17.2 Å². The third kappa shape index (κ3) is 3.70. The van der Waals surface area contributed by atoms with Crippen LogP contribution in [0.3, 0.4) is 0 Å². The van der Waals surface area contributed by atoms with Gasteiger partial charge in [-0.05, 0) is 37.7 Å². The third-order valence-corrected chi connectivity index (χ3v) is 4.13. The van der Waals surface area contributed by atoms with E-state index in [9.17, 15) is 4.79 Å². The monoisotopic (exact) mass is 276 g/mol. The lowest BCUT2D eigenvalue weighted by molar-refractivity contribution is 0.0942. The van der Waals surface area contributed by atoms with Crippen molar-refractivity contribution in [1.82, 2.24) is 10.3 Å². The number of hydrogen-bond acceptors (Lipinski definition) is 4. The Balaban J connectivity index is 1.92. The van der Waals surface area contributed by atoms with Gasteiger partial charge in [-0.25, -0.2) is 0 Å². The maximum atomic E-state index is 12.2. The number of aryl methyl sites for hydroxylation is 1. The maximum Gasteiger partial charge on any atom is 0.255 e. The number of aromatic nitrogens is 1. The summed E-state index contributed by atoms with van der Waals surface area (Å²) in [6.07, 6.45) is 6.51. The first-order chi connectivity index (χ1) is 9.60. The summed E-state index contributed by atoms with van der Waals surface area (Å²) >= 11 is 0. The van der Waals surface area contributed by atoms with Crippen LogP contribution in [0.5, 0.6) is 0 Å². The number of anilines is 1. The van der Waals surface area contributed by atoms with Gasteiger partial charge in [0.1, 0.15) is 0 Å². The van der Waals surface area contributed by atoms with Crippen molar-refractivity contribution in [2.24, 2.45) is 17.7 Å². The molecule has 1 aliphatic rings. The van der Waals surface area contributed by atoms with Gasteiger partial charge in [-0.1, -0.05) is 19.8 Å². The molecule has 1 heterocycles. The Kier molecular flexibility index (Phi) is 4.95. The Labute approximate surface area is 120 Å². The summed E-state index contributed by atoms with van der Waals surface area (Å²) in [4.78, 5) is 16.4. The fourth-order valence-corrected chi connectivity index (χ4v) is 2.73. The van der Waals surface area contributed by atoms with Gasteiger partial charge in [0, 0.05) is 18.4 Å². The lowest BCUT2D eigenvalue weighted by Crippen LogP contribution is -2.32. The van der Waals surface area contributed by atoms with Gasteiger partial charge in [0.2, 0.25) is 0 Å². The average Bonchev–Trinajstić information content (AvgIpc) is 2.46. The Morgan fingerprint density at radius 2 is 2.10 bits per heavy atom. The van der Waals surface area contributed by atoms with Crippen LogP contribution in [0.1, 0.15) is 48.7 Å². The SMILES string of the molecule is Cc1cc(NN)c(C(=O)NCC2CCC(C)CC2)cn1. The Morgan fingerprint density at radius 3 is 2.75 bits per heavy atom. The molecule has 1 fully saturated rings. The summed E-state index contributed by atoms with van der Waals surface area (Å²) in [6.45, 7) is 4.90. The number of rotatable bonds is 4. The summed E-state index contributed by atoms with van der Waals surface area (Å²) in [5.74, 6) is 6.78. The number of hydrazine groups is 1. The number of hydrogen-bond donors (Lipinski definition) is 3. The van der Waals surface area contributed by atoms with Crippen LogP contribution in [0, 0.1) is 18.8 Å². The smallest absolute Gasteiger partial charge is 0.255 e. The van der Waals surface area contributed by atoms with E-state index in [2.05, 4.69) is 22.7 Å². The minimum atomic E-state index is -0.107. The minimum absolute atomic E-state index is 0.107. The quantitative estimate of drug-likeness (QED) is 0.582. The number of nitrogen functional groups attached to an aromatic ring is 1. The van der Waals surface area contributed by atoms with Gasteiger partial charge in [-0.3, -0.25) is 15.6 Å². The molecule has 0 radical (unpaired) electrons. The summed E-state index contributed by atoms with van der Waals surface area (Å²) in [6, 6.07) is 1.78. The van der Waals surface area contributed by atoms with Crippen molar-refractivity contribution in [3.05, 3.63) is 23.5 Å². The maximum absolute atomic E-state index is 12.2. The molecule has 1 aromatic rings. The van der Waals surface area contributed by atoms with Gasteiger partial charge < -0.3 is 10.7 Å². The molecule has 1 aromatic heterocycles. The molecule has 0 saturated heterocycles. The predicted octanol–water partition coefficient (Wildman–Crippen LogP) is 2.23. The van der Waals surface area contributed by atoms with Crippen molar-refractivity contribution >= 4 is 11.6 Å². The average molecular weight is 276 g/mol. The second-order valence-electron chi connectivity index (χ2n) is 5.85. The van der Waals surface area contributed by atoms with Crippen molar-refractivity contribution in [2.45, 2.75) is 39.5 Å². The predicted molar refractivity (Wildman–Crippen MR) is 80.2 cm³/mol. The number of amides is 1. The number of carbonyl (C=O) groups excluding carboxylic acids is 1. The van der Waals surface area contributed by atoms with Crippen molar-refractivity contribution < 1.29 is 4.79 Å². The molecule has 0 unspecified atom stereocenters. The van der Waals surface area contributed by atoms with Gasteiger partial charge in [-0.2, -0.15) is 0 Å². The van der Waals surface area contributed by atoms with Crippen LogP contribution in [0.25, 0.3) is 0 Å². The Bertz CT molecular complexity index is 467. The molecular weight excluding hydrogens is 252 g/mol. The Hall–Kier alpha value is -1.62. The molecule has 110 valence electrons. The van der Waals surface area contributed by atoms with Crippen molar-refractivity contribution in [2.75, 3.05) is 12.0 Å². The third-order valence-electron chi connectivity index (χ3n) is 4.13. The highest BCUT2D eigenvalue weighted by molar-refractivity contribution is 5.99. The summed E-state index contributed by atoms with van der Waals surface area (Å²) in [5, 5.41) is 3.00. The van der Waals surface area contributed by atoms with Crippen LogP contribution in [0.15, 0.2) is 12.3 Å². The van der Waals surface area contributed by atoms with Crippen LogP contribution in [0.4, 0.5) is 5.69 Å². The number of pyridine rings is 1. The summed E-state index contributed by atoms with van der Waals surface area (Å²) < 4.78 is 0. The summed E-state index contributed by atoms with van der Waals surface area (Å²) in [7, 11) is 0. The first kappa shape index (κ1) is 14.8. The van der Waals surface area contributed by atoms with E-state index in [1.165, 1.54) is 25.7 Å². The molecule has 4 N–H and O–H groups in total. The zero-order chi connectivity index (χ0) is 14.5. The molecule has 20 heavy (non-hydrogen) atoms. The number of nitrogens with two attached hydrogens (primary N) is 1. The van der Waals surface area contributed by atoms with E-state index < -0.39 is 0 Å². The Morgan fingerprint density at radius 1 is 1.40 bits per heavy atom. The van der Waals surface area contributed by atoms with E-state index in [0.717, 1.165) is 18.2 Å². The fourth-order valence-electron chi connectivity index (χ4n) is 2.73. The van der Waals surface area contributed by atoms with E-state index in [1.807, 2.05) is 6.92 Å². The van der Waals surface area contributed by atoms with Crippen molar-refractivity contribution in [3.63, 3.8) is 0 Å².